The first kappa shape index (κ1) is 14.0. The van der Waals surface area contributed by atoms with Gasteiger partial charge in [0, 0.05) is 17.8 Å². The van der Waals surface area contributed by atoms with Gasteiger partial charge in [-0.1, -0.05) is 32.3 Å². The van der Waals surface area contributed by atoms with Crippen LogP contribution in [0.4, 0.5) is 10.1 Å². The Morgan fingerprint density at radius 3 is 2.71 bits per heavy atom. The molecular weight excluding hydrogens is 215 g/mol. The number of hydrogen-bond donors (Lipinski definition) is 2. The second-order valence-corrected chi connectivity index (χ2v) is 4.86. The molecular formula is C14H23FN2. The van der Waals surface area contributed by atoms with Gasteiger partial charge in [0.15, 0.2) is 0 Å². The van der Waals surface area contributed by atoms with Crippen molar-refractivity contribution in [2.45, 2.75) is 45.1 Å². The maximum Gasteiger partial charge on any atom is 0.125 e. The molecule has 0 heterocycles. The predicted molar refractivity (Wildman–Crippen MR) is 71.6 cm³/mol. The van der Waals surface area contributed by atoms with Crippen LogP contribution in [0.25, 0.3) is 0 Å². The lowest BCUT2D eigenvalue weighted by atomic mass is 9.94. The zero-order valence-corrected chi connectivity index (χ0v) is 10.8. The zero-order valence-electron chi connectivity index (χ0n) is 10.8. The van der Waals surface area contributed by atoms with Crippen LogP contribution in [-0.2, 0) is 0 Å². The van der Waals surface area contributed by atoms with Gasteiger partial charge in [-0.3, -0.25) is 0 Å². The molecule has 0 aromatic heterocycles. The van der Waals surface area contributed by atoms with Crippen LogP contribution >= 0.6 is 0 Å². The van der Waals surface area contributed by atoms with Gasteiger partial charge in [-0.15, -0.1) is 0 Å². The van der Waals surface area contributed by atoms with E-state index >= 15 is 0 Å². The van der Waals surface area contributed by atoms with Gasteiger partial charge in [0.1, 0.15) is 5.82 Å². The Labute approximate surface area is 103 Å². The first-order valence-electron chi connectivity index (χ1n) is 6.33. The van der Waals surface area contributed by atoms with E-state index in [0.29, 0.717) is 6.54 Å². The molecule has 0 spiro atoms. The molecule has 3 heteroatoms. The first-order chi connectivity index (χ1) is 8.09. The van der Waals surface area contributed by atoms with E-state index in [1.165, 1.54) is 25.0 Å². The number of anilines is 1. The summed E-state index contributed by atoms with van der Waals surface area (Å²) in [6, 6.07) is 6.53. The Balaban J connectivity index is 2.61. The highest BCUT2D eigenvalue weighted by Gasteiger charge is 2.21. The highest BCUT2D eigenvalue weighted by atomic mass is 19.1. The van der Waals surface area contributed by atoms with E-state index in [4.69, 9.17) is 5.73 Å². The lowest BCUT2D eigenvalue weighted by molar-refractivity contribution is 0.454. The van der Waals surface area contributed by atoms with Crippen molar-refractivity contribution < 1.29 is 4.39 Å². The van der Waals surface area contributed by atoms with Crippen LogP contribution in [-0.4, -0.2) is 12.1 Å². The van der Waals surface area contributed by atoms with Crippen molar-refractivity contribution in [1.29, 1.82) is 0 Å². The Hall–Kier alpha value is -1.09. The van der Waals surface area contributed by atoms with Crippen molar-refractivity contribution in [2.75, 3.05) is 11.9 Å². The molecule has 0 saturated carbocycles. The highest BCUT2D eigenvalue weighted by molar-refractivity contribution is 5.45. The van der Waals surface area contributed by atoms with Gasteiger partial charge in [-0.2, -0.15) is 0 Å². The third kappa shape index (κ3) is 4.73. The number of hydrogen-bond acceptors (Lipinski definition) is 2. The van der Waals surface area contributed by atoms with Gasteiger partial charge in [0.2, 0.25) is 0 Å². The third-order valence-corrected chi connectivity index (χ3v) is 3.05. The summed E-state index contributed by atoms with van der Waals surface area (Å²) in [5, 5.41) is 3.34. The fraction of sp³-hybridized carbons (Fsp3) is 0.571. The minimum Gasteiger partial charge on any atom is -0.379 e. The van der Waals surface area contributed by atoms with E-state index in [0.717, 1.165) is 18.5 Å². The molecule has 0 aliphatic heterocycles. The van der Waals surface area contributed by atoms with Crippen LogP contribution in [0.1, 0.15) is 39.5 Å². The quantitative estimate of drug-likeness (QED) is 0.713. The van der Waals surface area contributed by atoms with Gasteiger partial charge in [-0.05, 0) is 31.5 Å². The maximum atomic E-state index is 13.1. The van der Waals surface area contributed by atoms with Gasteiger partial charge in [-0.25, -0.2) is 4.39 Å². The van der Waals surface area contributed by atoms with Gasteiger partial charge < -0.3 is 11.1 Å². The molecule has 1 aromatic rings. The fourth-order valence-corrected chi connectivity index (χ4v) is 1.90. The summed E-state index contributed by atoms with van der Waals surface area (Å²) in [7, 11) is 0. The first-order valence-corrected chi connectivity index (χ1v) is 6.33. The van der Waals surface area contributed by atoms with Crippen LogP contribution in [0.5, 0.6) is 0 Å². The minimum atomic E-state index is -0.220. The van der Waals surface area contributed by atoms with E-state index in [9.17, 15) is 4.39 Å². The lowest BCUT2D eigenvalue weighted by Gasteiger charge is -2.30. The molecule has 1 rings (SSSR count). The molecule has 1 unspecified atom stereocenters. The highest BCUT2D eigenvalue weighted by Crippen LogP contribution is 2.21. The van der Waals surface area contributed by atoms with E-state index in [1.54, 1.807) is 6.07 Å². The smallest absolute Gasteiger partial charge is 0.125 e. The van der Waals surface area contributed by atoms with E-state index < -0.39 is 0 Å². The zero-order chi connectivity index (χ0) is 12.7. The molecule has 0 aliphatic carbocycles. The predicted octanol–water partition coefficient (Wildman–Crippen LogP) is 3.54. The largest absolute Gasteiger partial charge is 0.379 e. The van der Waals surface area contributed by atoms with Crippen LogP contribution in [0, 0.1) is 5.82 Å². The van der Waals surface area contributed by atoms with E-state index in [1.807, 2.05) is 6.07 Å². The lowest BCUT2D eigenvalue weighted by Crippen LogP contribution is -2.42. The Morgan fingerprint density at radius 2 is 2.12 bits per heavy atom. The van der Waals surface area contributed by atoms with Gasteiger partial charge >= 0.3 is 0 Å². The van der Waals surface area contributed by atoms with Crippen LogP contribution in [0.3, 0.4) is 0 Å². The monoisotopic (exact) mass is 238 g/mol. The van der Waals surface area contributed by atoms with Crippen LogP contribution in [0.2, 0.25) is 0 Å². The Kier molecular flexibility index (Phi) is 5.42. The molecule has 0 radical (unpaired) electrons. The van der Waals surface area contributed by atoms with Crippen LogP contribution < -0.4 is 11.1 Å². The number of nitrogens with two attached hydrogens (primary N) is 1. The number of unbranched alkanes of at least 4 members (excludes halogenated alkanes) is 2. The summed E-state index contributed by atoms with van der Waals surface area (Å²) in [5.74, 6) is -0.220. The molecule has 1 aromatic carbocycles. The Bertz CT molecular complexity index is 341. The molecule has 0 amide bonds. The molecule has 3 N–H and O–H groups in total. The van der Waals surface area contributed by atoms with Crippen LogP contribution in [0.15, 0.2) is 24.3 Å². The molecule has 2 nitrogen and oxygen atoms in total. The molecule has 0 saturated heterocycles. The van der Waals surface area contributed by atoms with Crippen molar-refractivity contribution >= 4 is 5.69 Å². The molecule has 0 aliphatic rings. The summed E-state index contributed by atoms with van der Waals surface area (Å²) >= 11 is 0. The molecule has 96 valence electrons. The average Bonchev–Trinajstić information content (AvgIpc) is 2.29. The van der Waals surface area contributed by atoms with Crippen molar-refractivity contribution in [1.82, 2.24) is 0 Å². The number of benzene rings is 1. The normalized spacial score (nSPS) is 14.4. The van der Waals surface area contributed by atoms with Gasteiger partial charge in [0.05, 0.1) is 0 Å². The number of nitrogens with one attached hydrogen (secondary N) is 1. The fourth-order valence-electron chi connectivity index (χ4n) is 1.90. The van der Waals surface area contributed by atoms with Crippen molar-refractivity contribution in [3.63, 3.8) is 0 Å². The summed E-state index contributed by atoms with van der Waals surface area (Å²) in [4.78, 5) is 0. The summed E-state index contributed by atoms with van der Waals surface area (Å²) in [5.41, 5.74) is 6.47. The van der Waals surface area contributed by atoms with Gasteiger partial charge in [0.25, 0.3) is 0 Å². The van der Waals surface area contributed by atoms with Crippen molar-refractivity contribution in [2.24, 2.45) is 5.73 Å². The standard InChI is InChI=1S/C14H23FN2/c1-3-4-5-9-14(2,11-16)17-13-8-6-7-12(15)10-13/h6-8,10,17H,3-5,9,11,16H2,1-2H3. The topological polar surface area (TPSA) is 38.0 Å². The van der Waals surface area contributed by atoms with Crippen molar-refractivity contribution in [3.05, 3.63) is 30.1 Å². The SMILES string of the molecule is CCCCCC(C)(CN)Nc1cccc(F)c1. The second kappa shape index (κ2) is 6.60. The molecule has 0 bridgehead atoms. The van der Waals surface area contributed by atoms with Crippen molar-refractivity contribution in [3.8, 4) is 0 Å². The van der Waals surface area contributed by atoms with E-state index in [-0.39, 0.29) is 11.4 Å². The third-order valence-electron chi connectivity index (χ3n) is 3.05. The number of rotatable bonds is 7. The molecule has 1 atom stereocenters. The number of halogens is 1. The average molecular weight is 238 g/mol. The Morgan fingerprint density at radius 1 is 1.35 bits per heavy atom. The maximum absolute atomic E-state index is 13.1. The van der Waals surface area contributed by atoms with E-state index in [2.05, 4.69) is 19.2 Å². The summed E-state index contributed by atoms with van der Waals surface area (Å²) in [6.45, 7) is 4.82. The molecule has 0 fully saturated rings. The minimum absolute atomic E-state index is 0.150. The summed E-state index contributed by atoms with van der Waals surface area (Å²) < 4.78 is 13.1. The second-order valence-electron chi connectivity index (χ2n) is 4.86. The molecule has 17 heavy (non-hydrogen) atoms. The summed E-state index contributed by atoms with van der Waals surface area (Å²) in [6.07, 6.45) is 4.56.